The zero-order chi connectivity index (χ0) is 56.4. The predicted molar refractivity (Wildman–Crippen MR) is 332 cm³/mol. The van der Waals surface area contributed by atoms with E-state index < -0.39 is 20.0 Å². The second-order valence-electron chi connectivity index (χ2n) is 22.6. The number of phosphoric acid groups is 1. The minimum absolute atomic E-state index is 0.0309. The van der Waals surface area contributed by atoms with Crippen LogP contribution in [0.25, 0.3) is 0 Å². The lowest BCUT2D eigenvalue weighted by Crippen LogP contribution is -2.47. The Labute approximate surface area is 476 Å². The number of nitrogens with one attached hydrogen (secondary N) is 1. The summed E-state index contributed by atoms with van der Waals surface area (Å²) in [5, 5.41) is 3.05. The van der Waals surface area contributed by atoms with Gasteiger partial charge in [0.25, 0.3) is 0 Å². The first-order valence-electron chi connectivity index (χ1n) is 31.9. The van der Waals surface area contributed by atoms with Crippen LogP contribution < -0.4 is 5.32 Å². The monoisotopic (exact) mass is 1100 g/mol. The molecule has 1 amide bonds. The molecule has 0 heterocycles. The summed E-state index contributed by atoms with van der Waals surface area (Å²) in [7, 11) is 1.47. The highest BCUT2D eigenvalue weighted by atomic mass is 31.2. The molecule has 0 spiro atoms. The van der Waals surface area contributed by atoms with Crippen molar-refractivity contribution >= 4 is 19.7 Å². The third-order valence-electron chi connectivity index (χ3n) is 13.8. The molecule has 77 heavy (non-hydrogen) atoms. The van der Waals surface area contributed by atoms with Gasteiger partial charge in [0.2, 0.25) is 5.91 Å². The van der Waals surface area contributed by atoms with Crippen molar-refractivity contribution in [3.8, 4) is 0 Å². The van der Waals surface area contributed by atoms with Crippen LogP contribution in [0.5, 0.6) is 0 Å². The lowest BCUT2D eigenvalue weighted by molar-refractivity contribution is -0.870. The van der Waals surface area contributed by atoms with Crippen molar-refractivity contribution < 1.29 is 37.3 Å². The molecular weight excluding hydrogens is 976 g/mol. The molecule has 0 aliphatic carbocycles. The van der Waals surface area contributed by atoms with E-state index in [1.54, 1.807) is 0 Å². The fraction of sp³-hybridized carbons (Fsp3) is 0.761. The van der Waals surface area contributed by atoms with Gasteiger partial charge in [-0.25, -0.2) is 4.57 Å². The van der Waals surface area contributed by atoms with Crippen LogP contribution in [0.2, 0.25) is 0 Å². The molecule has 0 saturated carbocycles. The van der Waals surface area contributed by atoms with Gasteiger partial charge >= 0.3 is 13.8 Å². The lowest BCUT2D eigenvalue weighted by Gasteiger charge is -2.27. The Hall–Kier alpha value is -2.81. The zero-order valence-corrected chi connectivity index (χ0v) is 51.8. The fourth-order valence-corrected chi connectivity index (χ4v) is 9.57. The van der Waals surface area contributed by atoms with Gasteiger partial charge in [-0.3, -0.25) is 18.6 Å². The number of quaternary nitrogens is 1. The lowest BCUT2D eigenvalue weighted by atomic mass is 10.0. The molecule has 0 radical (unpaired) electrons. The number of amides is 1. The number of unbranched alkanes of at least 4 members (excludes halogenated alkanes) is 29. The first-order valence-corrected chi connectivity index (χ1v) is 33.4. The van der Waals surface area contributed by atoms with Crippen LogP contribution in [0.3, 0.4) is 0 Å². The average Bonchev–Trinajstić information content (AvgIpc) is 3.39. The smallest absolute Gasteiger partial charge is 0.456 e. The van der Waals surface area contributed by atoms with Gasteiger partial charge in [-0.2, -0.15) is 0 Å². The van der Waals surface area contributed by atoms with Crippen molar-refractivity contribution in [3.63, 3.8) is 0 Å². The van der Waals surface area contributed by atoms with Crippen LogP contribution in [0, 0.1) is 0 Å². The van der Waals surface area contributed by atoms with E-state index in [1.165, 1.54) is 141 Å². The van der Waals surface area contributed by atoms with Gasteiger partial charge in [-0.05, 0) is 109 Å². The first kappa shape index (κ1) is 74.2. The van der Waals surface area contributed by atoms with Crippen molar-refractivity contribution in [2.75, 3.05) is 40.9 Å². The molecule has 3 unspecified atom stereocenters. The number of likely N-dealkylation sites (N-methyl/N-ethyl adjacent to an activating group) is 1. The Morgan fingerprint density at radius 3 is 1.22 bits per heavy atom. The van der Waals surface area contributed by atoms with Gasteiger partial charge in [0.05, 0.1) is 33.8 Å². The summed E-state index contributed by atoms with van der Waals surface area (Å²) in [4.78, 5) is 37.8. The van der Waals surface area contributed by atoms with Crippen LogP contribution in [0.1, 0.15) is 278 Å². The van der Waals surface area contributed by atoms with Gasteiger partial charge in [0, 0.05) is 12.8 Å². The van der Waals surface area contributed by atoms with Crippen molar-refractivity contribution in [2.45, 2.75) is 290 Å². The maximum atomic E-state index is 13.6. The van der Waals surface area contributed by atoms with E-state index >= 15 is 0 Å². The second kappa shape index (κ2) is 56.5. The summed E-state index contributed by atoms with van der Waals surface area (Å²) in [6.45, 7) is 6.94. The van der Waals surface area contributed by atoms with Crippen LogP contribution in [-0.4, -0.2) is 74.3 Å². The molecule has 0 aromatic carbocycles. The third kappa shape index (κ3) is 57.7. The number of phosphoric ester groups is 1. The summed E-state index contributed by atoms with van der Waals surface area (Å²) in [6, 6.07) is -0.868. The zero-order valence-electron chi connectivity index (χ0n) is 50.9. The minimum atomic E-state index is -4.46. The van der Waals surface area contributed by atoms with Crippen LogP contribution in [0.15, 0.2) is 85.1 Å². The van der Waals surface area contributed by atoms with Gasteiger partial charge in [0.15, 0.2) is 0 Å². The van der Waals surface area contributed by atoms with Crippen molar-refractivity contribution in [2.24, 2.45) is 0 Å². The number of rotatable bonds is 57. The van der Waals surface area contributed by atoms with E-state index in [-0.39, 0.29) is 31.5 Å². The summed E-state index contributed by atoms with van der Waals surface area (Å²) >= 11 is 0. The Morgan fingerprint density at radius 2 is 0.792 bits per heavy atom. The number of hydrogen-bond donors (Lipinski definition) is 2. The van der Waals surface area contributed by atoms with Crippen molar-refractivity contribution in [1.82, 2.24) is 5.32 Å². The van der Waals surface area contributed by atoms with Crippen LogP contribution >= 0.6 is 7.82 Å². The highest BCUT2D eigenvalue weighted by Crippen LogP contribution is 2.43. The van der Waals surface area contributed by atoms with E-state index in [0.29, 0.717) is 23.9 Å². The van der Waals surface area contributed by atoms with E-state index in [0.717, 1.165) is 96.3 Å². The summed E-state index contributed by atoms with van der Waals surface area (Å²) in [5.74, 6) is -0.544. The molecule has 0 aliphatic rings. The molecule has 3 atom stereocenters. The van der Waals surface area contributed by atoms with E-state index in [2.05, 4.69) is 99.0 Å². The molecular formula is C67H122N2O7P+. The average molecular weight is 1100 g/mol. The quantitative estimate of drug-likeness (QED) is 0.0205. The van der Waals surface area contributed by atoms with Crippen LogP contribution in [0.4, 0.5) is 0 Å². The molecule has 0 fully saturated rings. The number of allylic oxidation sites excluding steroid dienone is 13. The molecule has 0 rings (SSSR count). The number of nitrogens with zero attached hydrogens (tertiary/aromatic N) is 1. The highest BCUT2D eigenvalue weighted by molar-refractivity contribution is 7.47. The predicted octanol–water partition coefficient (Wildman–Crippen LogP) is 19.8. The standard InChI is InChI=1S/C67H121N2O7P/c1-7-10-13-16-19-22-25-28-30-32-34-36-38-41-44-47-50-53-56-59-66(70)68-64(63-75-77(72,73)74-62-61-69(4,5)6)65(58-55-52-49-46-43-40-27-24-21-18-15-12-9-3)76-67(71)60-57-54-51-48-45-42-39-37-35-33-31-29-26-23-20-17-14-11-8-2/h19-20,22-23,28-31,35,37,42,45,55,58,64-65H,7-18,21,24-27,32-34,36,38-41,43-44,46-54,56-57,59-63H2,1-6H3,(H-,68,70,72,73)/p+1/b22-19-,23-20-,30-28-,31-29-,37-35-,45-42-,58-55+. The highest BCUT2D eigenvalue weighted by Gasteiger charge is 2.30. The number of esters is 1. The van der Waals surface area contributed by atoms with Crippen molar-refractivity contribution in [1.29, 1.82) is 0 Å². The molecule has 0 bridgehead atoms. The summed E-state index contributed by atoms with van der Waals surface area (Å²) in [6.07, 6.45) is 74.3. The number of carbonyl (C=O) groups excluding carboxylic acids is 2. The number of hydrogen-bond acceptors (Lipinski definition) is 6. The van der Waals surface area contributed by atoms with Gasteiger partial charge in [-0.15, -0.1) is 0 Å². The second-order valence-corrected chi connectivity index (χ2v) is 24.0. The van der Waals surface area contributed by atoms with E-state index in [9.17, 15) is 19.0 Å². The molecule has 9 nitrogen and oxygen atoms in total. The Kier molecular flexibility index (Phi) is 54.4. The van der Waals surface area contributed by atoms with Gasteiger partial charge in [-0.1, -0.05) is 241 Å². The Bertz CT molecular complexity index is 1590. The maximum absolute atomic E-state index is 13.6. The van der Waals surface area contributed by atoms with Gasteiger partial charge in [0.1, 0.15) is 19.3 Å². The first-order chi connectivity index (χ1) is 37.4. The maximum Gasteiger partial charge on any atom is 0.472 e. The van der Waals surface area contributed by atoms with Gasteiger partial charge < -0.3 is 19.4 Å². The molecule has 2 N–H and O–H groups in total. The Balaban J connectivity index is 5.34. The topological polar surface area (TPSA) is 111 Å². The van der Waals surface area contributed by atoms with Crippen LogP contribution in [-0.2, 0) is 27.9 Å². The third-order valence-corrected chi connectivity index (χ3v) is 14.8. The largest absolute Gasteiger partial charge is 0.472 e. The molecule has 10 heteroatoms. The number of carbonyl (C=O) groups is 2. The van der Waals surface area contributed by atoms with E-state index in [4.69, 9.17) is 13.8 Å². The SMILES string of the molecule is CCCCC/C=C\C/C=C\C/C=C\C/C=C\CCCCCC(=O)OC(/C=C/CCCCCCCCCCCCC)C(COP(=O)(O)OCC[N+](C)(C)C)NC(=O)CCCCCCCCCCC/C=C\C/C=C\CCCCC. The Morgan fingerprint density at radius 1 is 0.455 bits per heavy atom. The fourth-order valence-electron chi connectivity index (χ4n) is 8.84. The molecule has 0 aliphatic heterocycles. The molecule has 446 valence electrons. The van der Waals surface area contributed by atoms with Crippen molar-refractivity contribution in [3.05, 3.63) is 85.1 Å². The normalized spacial score (nSPS) is 14.2. The summed E-state index contributed by atoms with van der Waals surface area (Å²) < 4.78 is 30.7. The summed E-state index contributed by atoms with van der Waals surface area (Å²) in [5.41, 5.74) is 0. The minimum Gasteiger partial charge on any atom is -0.456 e. The number of ether oxygens (including phenoxy) is 1. The molecule has 0 aromatic heterocycles. The molecule has 0 aromatic rings. The molecule has 0 saturated heterocycles. The van der Waals surface area contributed by atoms with E-state index in [1.807, 2.05) is 33.3 Å².